The summed E-state index contributed by atoms with van der Waals surface area (Å²) in [5.74, 6) is -2.10. The fourth-order valence-electron chi connectivity index (χ4n) is 2.89. The van der Waals surface area contributed by atoms with E-state index in [0.717, 1.165) is 9.78 Å². The Balaban J connectivity index is 1.82. The number of β-lactam (4-membered cyclic amide) rings is 1. The van der Waals surface area contributed by atoms with E-state index < -0.39 is 29.6 Å². The molecule has 3 rings (SSSR count). The Morgan fingerprint density at radius 2 is 2.28 bits per heavy atom. The number of hydrogen-bond acceptors (Lipinski definition) is 7. The highest BCUT2D eigenvalue weighted by Crippen LogP contribution is 2.46. The van der Waals surface area contributed by atoms with Crippen molar-refractivity contribution in [1.82, 2.24) is 10.2 Å². The van der Waals surface area contributed by atoms with Crippen LogP contribution in [0.1, 0.15) is 4.88 Å². The molecule has 0 aliphatic carbocycles. The predicted molar refractivity (Wildman–Crippen MR) is 90.7 cm³/mol. The molecule has 0 spiro atoms. The third-order valence-electron chi connectivity index (χ3n) is 4.07. The Hall–Kier alpha value is -1.88. The van der Waals surface area contributed by atoms with Gasteiger partial charge in [0.15, 0.2) is 0 Å². The molecule has 1 saturated heterocycles. The maximum atomic E-state index is 12.7. The van der Waals surface area contributed by atoms with E-state index in [9.17, 15) is 24.6 Å². The van der Waals surface area contributed by atoms with Crippen molar-refractivity contribution >= 4 is 40.9 Å². The van der Waals surface area contributed by atoms with Crippen LogP contribution in [0.3, 0.4) is 0 Å². The van der Waals surface area contributed by atoms with E-state index in [1.54, 1.807) is 0 Å². The number of ether oxygens (including phenoxy) is 1. The van der Waals surface area contributed by atoms with Crippen molar-refractivity contribution in [1.29, 1.82) is 0 Å². The predicted octanol–water partition coefficient (Wildman–Crippen LogP) is -0.00440. The number of carbonyl (C=O) groups excluding carboxylic acids is 2. The van der Waals surface area contributed by atoms with Crippen LogP contribution in [0.5, 0.6) is 0 Å². The van der Waals surface area contributed by atoms with Crippen molar-refractivity contribution in [3.8, 4) is 0 Å². The maximum Gasteiger partial charge on any atom is 0.352 e. The smallest absolute Gasteiger partial charge is 0.352 e. The topological polar surface area (TPSA) is 116 Å². The van der Waals surface area contributed by atoms with Gasteiger partial charge in [0.2, 0.25) is 5.91 Å². The number of aliphatic hydroxyl groups excluding tert-OH is 1. The first kappa shape index (κ1) is 17.9. The summed E-state index contributed by atoms with van der Waals surface area (Å²) in [5.41, 5.74) is -1.58. The average molecular weight is 384 g/mol. The zero-order valence-corrected chi connectivity index (χ0v) is 14.9. The lowest BCUT2D eigenvalue weighted by molar-refractivity contribution is -0.192. The van der Waals surface area contributed by atoms with E-state index in [-0.39, 0.29) is 29.4 Å². The lowest BCUT2D eigenvalue weighted by Gasteiger charge is -2.55. The van der Waals surface area contributed by atoms with Gasteiger partial charge in [-0.3, -0.25) is 14.5 Å². The first-order valence-electron chi connectivity index (χ1n) is 7.34. The number of carboxylic acid groups (broad SMARTS) is 1. The van der Waals surface area contributed by atoms with E-state index in [1.165, 1.54) is 30.2 Å². The number of thioether (sulfide) groups is 1. The van der Waals surface area contributed by atoms with Crippen molar-refractivity contribution in [3.63, 3.8) is 0 Å². The maximum absolute atomic E-state index is 12.7. The molecule has 1 unspecified atom stereocenters. The molecule has 1 aromatic heterocycles. The van der Waals surface area contributed by atoms with E-state index in [4.69, 9.17) is 4.74 Å². The largest absolute Gasteiger partial charge is 0.477 e. The standard InChI is InChI=1S/C15H16N2O6S2/c1-23-15(16-10(19)5-9-3-2-4-24-9)13(22)17-11(12(20)21)8(6-18)7-25-14(15)17/h2-4,14,18H,5-7H2,1H3,(H,16,19)(H,20,21)/t14?,15-/m0/s1. The molecule has 3 N–H and O–H groups in total. The Labute approximate surface area is 151 Å². The molecule has 2 atom stereocenters. The van der Waals surface area contributed by atoms with Crippen LogP contribution >= 0.6 is 23.1 Å². The molecule has 0 bridgehead atoms. The molecule has 134 valence electrons. The zero-order valence-electron chi connectivity index (χ0n) is 13.2. The van der Waals surface area contributed by atoms with Gasteiger partial charge in [-0.15, -0.1) is 23.1 Å². The quantitative estimate of drug-likeness (QED) is 0.467. The molecule has 10 heteroatoms. The number of rotatable bonds is 6. The average Bonchev–Trinajstić information content (AvgIpc) is 3.10. The molecule has 1 fully saturated rings. The number of nitrogens with one attached hydrogen (secondary N) is 1. The first-order chi connectivity index (χ1) is 11.9. The third-order valence-corrected chi connectivity index (χ3v) is 6.32. The molecule has 0 aromatic carbocycles. The van der Waals surface area contributed by atoms with Gasteiger partial charge in [-0.25, -0.2) is 4.79 Å². The van der Waals surface area contributed by atoms with Gasteiger partial charge in [-0.2, -0.15) is 0 Å². The molecule has 25 heavy (non-hydrogen) atoms. The Morgan fingerprint density at radius 1 is 1.52 bits per heavy atom. The van der Waals surface area contributed by atoms with Crippen molar-refractivity contribution in [2.24, 2.45) is 0 Å². The Kier molecular flexibility index (Phi) is 4.87. The number of hydrogen-bond donors (Lipinski definition) is 3. The number of aliphatic carboxylic acids is 1. The second-order valence-corrected chi connectivity index (χ2v) is 7.60. The lowest BCUT2D eigenvalue weighted by Crippen LogP contribution is -2.80. The highest BCUT2D eigenvalue weighted by Gasteiger charge is 2.66. The normalized spacial score (nSPS) is 25.4. The summed E-state index contributed by atoms with van der Waals surface area (Å²) < 4.78 is 5.32. The van der Waals surface area contributed by atoms with Gasteiger partial charge in [0, 0.05) is 17.7 Å². The molecular weight excluding hydrogens is 368 g/mol. The van der Waals surface area contributed by atoms with E-state index in [0.29, 0.717) is 0 Å². The number of amides is 2. The van der Waals surface area contributed by atoms with Crippen LogP contribution in [0.25, 0.3) is 0 Å². The van der Waals surface area contributed by atoms with Crippen molar-refractivity contribution in [2.75, 3.05) is 19.5 Å². The van der Waals surface area contributed by atoms with E-state index in [1.807, 2.05) is 17.5 Å². The van der Waals surface area contributed by atoms with Crippen LogP contribution in [-0.4, -0.2) is 63.5 Å². The van der Waals surface area contributed by atoms with Gasteiger partial charge in [-0.1, -0.05) is 6.07 Å². The molecule has 0 saturated carbocycles. The third kappa shape index (κ3) is 2.84. The second kappa shape index (κ2) is 6.79. The summed E-state index contributed by atoms with van der Waals surface area (Å²) in [7, 11) is 1.30. The number of methoxy groups -OCH3 is 1. The Morgan fingerprint density at radius 3 is 2.84 bits per heavy atom. The summed E-state index contributed by atoms with van der Waals surface area (Å²) in [6, 6.07) is 3.64. The molecule has 8 nitrogen and oxygen atoms in total. The van der Waals surface area contributed by atoms with Crippen LogP contribution in [0, 0.1) is 0 Å². The van der Waals surface area contributed by atoms with Crippen LogP contribution in [-0.2, 0) is 25.5 Å². The summed E-state index contributed by atoms with van der Waals surface area (Å²) in [4.78, 5) is 38.4. The number of nitrogens with zero attached hydrogens (tertiary/aromatic N) is 1. The van der Waals surface area contributed by atoms with Gasteiger partial charge in [-0.05, 0) is 17.0 Å². The number of aliphatic hydroxyl groups is 1. The fourth-order valence-corrected chi connectivity index (χ4v) is 5.02. The second-order valence-electron chi connectivity index (χ2n) is 5.50. The van der Waals surface area contributed by atoms with Crippen LogP contribution in [0.4, 0.5) is 0 Å². The molecule has 3 heterocycles. The fraction of sp³-hybridized carbons (Fsp3) is 0.400. The summed E-state index contributed by atoms with van der Waals surface area (Å²) >= 11 is 2.67. The minimum absolute atomic E-state index is 0.108. The van der Waals surface area contributed by atoms with Crippen LogP contribution < -0.4 is 5.32 Å². The molecule has 2 amide bonds. The molecule has 0 radical (unpaired) electrons. The molecule has 2 aliphatic heterocycles. The summed E-state index contributed by atoms with van der Waals surface area (Å²) in [6.45, 7) is -0.449. The number of thiophene rings is 1. The number of fused-ring (bicyclic) bond motifs is 1. The first-order valence-corrected chi connectivity index (χ1v) is 9.27. The highest BCUT2D eigenvalue weighted by molar-refractivity contribution is 8.00. The minimum atomic E-state index is -1.60. The monoisotopic (exact) mass is 384 g/mol. The van der Waals surface area contributed by atoms with Crippen molar-refractivity contribution in [3.05, 3.63) is 33.7 Å². The Bertz CT molecular complexity index is 747. The molecule has 2 aliphatic rings. The molecular formula is C15H16N2O6S2. The van der Waals surface area contributed by atoms with Crippen LogP contribution in [0.15, 0.2) is 28.8 Å². The van der Waals surface area contributed by atoms with E-state index in [2.05, 4.69) is 5.32 Å². The number of carboxylic acids is 1. The van der Waals surface area contributed by atoms with Gasteiger partial charge in [0.25, 0.3) is 11.6 Å². The van der Waals surface area contributed by atoms with Gasteiger partial charge in [0.1, 0.15) is 11.1 Å². The number of carbonyl (C=O) groups is 3. The van der Waals surface area contributed by atoms with Gasteiger partial charge < -0.3 is 20.3 Å². The lowest BCUT2D eigenvalue weighted by atomic mass is 9.98. The SMILES string of the molecule is CO[C@@]1(NC(=O)Cc2cccs2)C(=O)N2C(C(=O)O)=C(CO)CSC21. The van der Waals surface area contributed by atoms with Crippen molar-refractivity contribution < 1.29 is 29.3 Å². The summed E-state index contributed by atoms with van der Waals surface area (Å²) in [6.07, 6.45) is 0.108. The summed E-state index contributed by atoms with van der Waals surface area (Å²) in [5, 5.41) is 22.5. The molecule has 1 aromatic rings. The minimum Gasteiger partial charge on any atom is -0.477 e. The van der Waals surface area contributed by atoms with Gasteiger partial charge in [0.05, 0.1) is 13.0 Å². The zero-order chi connectivity index (χ0) is 18.2. The van der Waals surface area contributed by atoms with Crippen LogP contribution in [0.2, 0.25) is 0 Å². The highest BCUT2D eigenvalue weighted by atomic mass is 32.2. The van der Waals surface area contributed by atoms with Gasteiger partial charge >= 0.3 is 5.97 Å². The van der Waals surface area contributed by atoms with Crippen molar-refractivity contribution in [2.45, 2.75) is 17.5 Å². The van der Waals surface area contributed by atoms with E-state index >= 15 is 0 Å².